The maximum Gasteiger partial charge on any atom is 0.266 e. The number of amidine groups is 1. The molecule has 1 aliphatic heterocycles. The van der Waals surface area contributed by atoms with Crippen LogP contribution in [-0.2, 0) is 4.79 Å². The average Bonchev–Trinajstić information content (AvgIpc) is 3.19. The van der Waals surface area contributed by atoms with Crippen LogP contribution in [0.4, 0.5) is 10.1 Å². The van der Waals surface area contributed by atoms with Crippen molar-refractivity contribution in [2.24, 2.45) is 4.99 Å². The summed E-state index contributed by atoms with van der Waals surface area (Å²) in [6.07, 6.45) is 1.95. The number of benzene rings is 2. The maximum atomic E-state index is 13.2. The second-order valence-electron chi connectivity index (χ2n) is 7.93. The number of nitrogens with zero attached hydrogens (tertiary/aromatic N) is 3. The van der Waals surface area contributed by atoms with E-state index in [9.17, 15) is 9.18 Å². The Balaban J connectivity index is 1.73. The lowest BCUT2D eigenvalue weighted by molar-refractivity contribution is -0.122. The summed E-state index contributed by atoms with van der Waals surface area (Å²) in [5.74, 6) is -0.369. The van der Waals surface area contributed by atoms with Crippen molar-refractivity contribution in [1.29, 1.82) is 0 Å². The fourth-order valence-corrected chi connectivity index (χ4v) is 5.13. The highest BCUT2D eigenvalue weighted by molar-refractivity contribution is 8.18. The lowest BCUT2D eigenvalue weighted by Crippen LogP contribution is -2.28. The van der Waals surface area contributed by atoms with Gasteiger partial charge in [-0.2, -0.15) is 0 Å². The van der Waals surface area contributed by atoms with Crippen LogP contribution in [0.5, 0.6) is 0 Å². The Labute approximate surface area is 192 Å². The lowest BCUT2D eigenvalue weighted by atomic mass is 10.1. The van der Waals surface area contributed by atoms with E-state index < -0.39 is 0 Å². The number of rotatable bonds is 4. The molecule has 1 aromatic heterocycles. The molecule has 1 fully saturated rings. The topological polar surface area (TPSA) is 37.6 Å². The van der Waals surface area contributed by atoms with Gasteiger partial charge in [-0.1, -0.05) is 18.2 Å². The van der Waals surface area contributed by atoms with Crippen molar-refractivity contribution in [3.05, 3.63) is 87.3 Å². The van der Waals surface area contributed by atoms with Crippen LogP contribution in [0.1, 0.15) is 35.0 Å². The molecule has 0 spiro atoms. The first-order chi connectivity index (χ1) is 15.3. The molecule has 0 bridgehead atoms. The SMILES string of the molecule is CCN1C(=O)/C(=C\c2cc(C)n(-c3c(C)cccc3C)c2C)SC1=Nc1ccc(F)cc1. The number of para-hydroxylation sites is 1. The van der Waals surface area contributed by atoms with Crippen LogP contribution >= 0.6 is 11.8 Å². The van der Waals surface area contributed by atoms with Gasteiger partial charge in [0.15, 0.2) is 5.17 Å². The smallest absolute Gasteiger partial charge is 0.266 e. The standard InChI is InChI=1S/C26H26FN3OS/c1-6-29-25(31)23(32-26(29)28-22-12-10-21(27)11-13-22)15-20-14-18(4)30(19(20)5)24-16(2)8-7-9-17(24)3/h7-15H,6H2,1-5H3/b23-15+,28-26?. The lowest BCUT2D eigenvalue weighted by Gasteiger charge is -2.15. The Bertz CT molecular complexity index is 1230. The first-order valence-corrected chi connectivity index (χ1v) is 11.4. The highest BCUT2D eigenvalue weighted by atomic mass is 32.2. The molecule has 32 heavy (non-hydrogen) atoms. The largest absolute Gasteiger partial charge is 0.317 e. The molecule has 0 radical (unpaired) electrons. The van der Waals surface area contributed by atoms with Gasteiger partial charge in [0.25, 0.3) is 5.91 Å². The Hall–Kier alpha value is -3.12. The van der Waals surface area contributed by atoms with Crippen molar-refractivity contribution in [1.82, 2.24) is 9.47 Å². The van der Waals surface area contributed by atoms with Crippen LogP contribution in [0, 0.1) is 33.5 Å². The summed E-state index contributed by atoms with van der Waals surface area (Å²) in [5, 5.41) is 0.610. The molecule has 0 unspecified atom stereocenters. The van der Waals surface area contributed by atoms with Crippen LogP contribution in [0.3, 0.4) is 0 Å². The van der Waals surface area contributed by atoms with Gasteiger partial charge in [-0.05, 0) is 99.5 Å². The van der Waals surface area contributed by atoms with Crippen molar-refractivity contribution >= 4 is 34.6 Å². The van der Waals surface area contributed by atoms with Crippen molar-refractivity contribution in [3.8, 4) is 5.69 Å². The van der Waals surface area contributed by atoms with E-state index in [1.54, 1.807) is 17.0 Å². The van der Waals surface area contributed by atoms with E-state index in [0.29, 0.717) is 22.3 Å². The van der Waals surface area contributed by atoms with Gasteiger partial charge >= 0.3 is 0 Å². The van der Waals surface area contributed by atoms with Crippen molar-refractivity contribution in [2.75, 3.05) is 6.54 Å². The zero-order chi connectivity index (χ0) is 23.0. The quantitative estimate of drug-likeness (QED) is 0.430. The first kappa shape index (κ1) is 22.1. The fourth-order valence-electron chi connectivity index (χ4n) is 4.07. The normalized spacial score (nSPS) is 16.6. The van der Waals surface area contributed by atoms with Gasteiger partial charge in [0.1, 0.15) is 5.82 Å². The highest BCUT2D eigenvalue weighted by Crippen LogP contribution is 2.35. The molecule has 164 valence electrons. The van der Waals surface area contributed by atoms with Gasteiger partial charge in [0.2, 0.25) is 0 Å². The number of hydrogen-bond donors (Lipinski definition) is 0. The second kappa shape index (κ2) is 8.79. The Morgan fingerprint density at radius 2 is 1.69 bits per heavy atom. The summed E-state index contributed by atoms with van der Waals surface area (Å²) in [6, 6.07) is 14.4. The number of aliphatic imine (C=N–C) groups is 1. The average molecular weight is 448 g/mol. The molecule has 3 aromatic rings. The third-order valence-corrected chi connectivity index (χ3v) is 6.68. The van der Waals surface area contributed by atoms with Crippen molar-refractivity contribution in [3.63, 3.8) is 0 Å². The number of halogens is 1. The molecule has 0 aliphatic carbocycles. The number of likely N-dealkylation sites (N-methyl/N-ethyl adjacent to an activating group) is 1. The van der Waals surface area contributed by atoms with Crippen LogP contribution in [0.25, 0.3) is 11.8 Å². The van der Waals surface area contributed by atoms with Gasteiger partial charge in [0.05, 0.1) is 16.3 Å². The minimum Gasteiger partial charge on any atom is -0.317 e. The molecule has 4 nitrogen and oxygen atoms in total. The van der Waals surface area contributed by atoms with Gasteiger partial charge in [-0.25, -0.2) is 9.38 Å². The number of aromatic nitrogens is 1. The molecule has 1 aliphatic rings. The molecular weight excluding hydrogens is 421 g/mol. The van der Waals surface area contributed by atoms with E-state index in [2.05, 4.69) is 61.5 Å². The molecule has 0 N–H and O–H groups in total. The maximum absolute atomic E-state index is 13.2. The number of aryl methyl sites for hydroxylation is 3. The van der Waals surface area contributed by atoms with E-state index in [1.807, 2.05) is 13.0 Å². The summed E-state index contributed by atoms with van der Waals surface area (Å²) in [6.45, 7) is 10.9. The van der Waals surface area contributed by atoms with Crippen molar-refractivity contribution in [2.45, 2.75) is 34.6 Å². The number of amides is 1. The molecule has 1 amide bonds. The molecule has 0 saturated carbocycles. The van der Waals surface area contributed by atoms with Crippen LogP contribution in [-0.4, -0.2) is 27.1 Å². The van der Waals surface area contributed by atoms with E-state index >= 15 is 0 Å². The summed E-state index contributed by atoms with van der Waals surface area (Å²) >= 11 is 1.36. The van der Waals surface area contributed by atoms with E-state index in [1.165, 1.54) is 40.7 Å². The van der Waals surface area contributed by atoms with Crippen LogP contribution < -0.4 is 0 Å². The summed E-state index contributed by atoms with van der Waals surface area (Å²) < 4.78 is 15.5. The van der Waals surface area contributed by atoms with Crippen LogP contribution in [0.2, 0.25) is 0 Å². The predicted octanol–water partition coefficient (Wildman–Crippen LogP) is 6.47. The zero-order valence-electron chi connectivity index (χ0n) is 18.9. The number of thioether (sulfide) groups is 1. The minimum absolute atomic E-state index is 0.0600. The van der Waals surface area contributed by atoms with Gasteiger partial charge in [-0.3, -0.25) is 9.69 Å². The molecule has 0 atom stereocenters. The third kappa shape index (κ3) is 4.02. The van der Waals surface area contributed by atoms with E-state index in [-0.39, 0.29) is 11.7 Å². The highest BCUT2D eigenvalue weighted by Gasteiger charge is 2.32. The number of carbonyl (C=O) groups excluding carboxylic acids is 1. The Kier molecular flexibility index (Phi) is 6.07. The summed E-state index contributed by atoms with van der Waals surface area (Å²) in [5.41, 5.74) is 7.45. The van der Waals surface area contributed by atoms with E-state index in [0.717, 1.165) is 17.0 Å². The molecule has 2 heterocycles. The Morgan fingerprint density at radius 3 is 2.31 bits per heavy atom. The molecular formula is C26H26FN3OS. The predicted molar refractivity (Wildman–Crippen MR) is 131 cm³/mol. The van der Waals surface area contributed by atoms with E-state index in [4.69, 9.17) is 0 Å². The molecule has 1 saturated heterocycles. The third-order valence-electron chi connectivity index (χ3n) is 5.68. The van der Waals surface area contributed by atoms with Crippen LogP contribution in [0.15, 0.2) is 58.4 Å². The minimum atomic E-state index is -0.309. The molecule has 6 heteroatoms. The van der Waals surface area contributed by atoms with Gasteiger partial charge in [0, 0.05) is 17.9 Å². The summed E-state index contributed by atoms with van der Waals surface area (Å²) in [4.78, 5) is 19.9. The first-order valence-electron chi connectivity index (χ1n) is 10.6. The van der Waals surface area contributed by atoms with Gasteiger partial charge in [-0.15, -0.1) is 0 Å². The summed E-state index contributed by atoms with van der Waals surface area (Å²) in [7, 11) is 0. The van der Waals surface area contributed by atoms with Gasteiger partial charge < -0.3 is 4.57 Å². The second-order valence-corrected chi connectivity index (χ2v) is 8.94. The number of carbonyl (C=O) groups is 1. The molecule has 2 aromatic carbocycles. The number of hydrogen-bond acceptors (Lipinski definition) is 3. The monoisotopic (exact) mass is 447 g/mol. The molecule has 4 rings (SSSR count). The fraction of sp³-hybridized carbons (Fsp3) is 0.231. The van der Waals surface area contributed by atoms with Crippen molar-refractivity contribution < 1.29 is 9.18 Å². The Morgan fingerprint density at radius 1 is 1.03 bits per heavy atom. The zero-order valence-corrected chi connectivity index (χ0v) is 19.8.